The average molecular weight is 355 g/mol. The second-order valence-corrected chi connectivity index (χ2v) is 6.25. The molecule has 130 valence electrons. The van der Waals surface area contributed by atoms with Crippen molar-refractivity contribution in [1.29, 1.82) is 0 Å². The smallest absolute Gasteiger partial charge is 0.306 e. The van der Waals surface area contributed by atoms with Crippen molar-refractivity contribution < 1.29 is 19.2 Å². The average Bonchev–Trinajstić information content (AvgIpc) is 3.04. The predicted octanol–water partition coefficient (Wildman–Crippen LogP) is 3.70. The van der Waals surface area contributed by atoms with E-state index in [9.17, 15) is 19.7 Å². The van der Waals surface area contributed by atoms with Gasteiger partial charge in [0.25, 0.3) is 11.6 Å². The Balaban J connectivity index is 1.79. The third-order valence-electron chi connectivity index (χ3n) is 4.03. The summed E-state index contributed by atoms with van der Waals surface area (Å²) in [6.07, 6.45) is 5.77. The number of esters is 1. The normalized spacial score (nSPS) is 14.4. The van der Waals surface area contributed by atoms with Gasteiger partial charge in [0.05, 0.1) is 4.92 Å². The van der Waals surface area contributed by atoms with Crippen molar-refractivity contribution in [3.8, 4) is 0 Å². The molecule has 0 unspecified atom stereocenters. The lowest BCUT2D eigenvalue weighted by molar-refractivity contribution is -0.383. The van der Waals surface area contributed by atoms with Crippen LogP contribution in [0, 0.1) is 16.0 Å². The maximum atomic E-state index is 11.8. The Labute approximate surface area is 144 Å². The molecule has 1 aliphatic carbocycles. The van der Waals surface area contributed by atoms with Gasteiger partial charge in [0.1, 0.15) is 5.69 Å². The first-order valence-corrected chi connectivity index (χ1v) is 8.23. The summed E-state index contributed by atoms with van der Waals surface area (Å²) in [5, 5.41) is 13.5. The Kier molecular flexibility index (Phi) is 6.54. The third-order valence-corrected chi connectivity index (χ3v) is 4.26. The molecule has 0 radical (unpaired) electrons. The summed E-state index contributed by atoms with van der Waals surface area (Å²) < 4.78 is 4.91. The summed E-state index contributed by atoms with van der Waals surface area (Å²) in [5.74, 6) is -0.507. The fourth-order valence-electron chi connectivity index (χ4n) is 2.79. The van der Waals surface area contributed by atoms with Crippen molar-refractivity contribution in [3.05, 3.63) is 33.3 Å². The number of halogens is 1. The van der Waals surface area contributed by atoms with Crippen LogP contribution in [0.15, 0.2) is 18.2 Å². The molecule has 8 heteroatoms. The van der Waals surface area contributed by atoms with Crippen LogP contribution in [0.4, 0.5) is 11.4 Å². The van der Waals surface area contributed by atoms with Crippen LogP contribution >= 0.6 is 11.6 Å². The van der Waals surface area contributed by atoms with Gasteiger partial charge >= 0.3 is 5.97 Å². The van der Waals surface area contributed by atoms with Crippen molar-refractivity contribution >= 4 is 34.9 Å². The van der Waals surface area contributed by atoms with E-state index in [2.05, 4.69) is 5.32 Å². The zero-order chi connectivity index (χ0) is 17.5. The zero-order valence-electron chi connectivity index (χ0n) is 13.1. The molecule has 1 saturated carbocycles. The fraction of sp³-hybridized carbons (Fsp3) is 0.500. The Morgan fingerprint density at radius 1 is 1.33 bits per heavy atom. The van der Waals surface area contributed by atoms with E-state index in [1.54, 1.807) is 0 Å². The molecular weight excluding hydrogens is 336 g/mol. The zero-order valence-corrected chi connectivity index (χ0v) is 13.9. The van der Waals surface area contributed by atoms with Crippen molar-refractivity contribution in [3.63, 3.8) is 0 Å². The number of anilines is 1. The highest BCUT2D eigenvalue weighted by molar-refractivity contribution is 6.31. The predicted molar refractivity (Wildman–Crippen MR) is 88.9 cm³/mol. The number of nitrogens with zero attached hydrogens (tertiary/aromatic N) is 1. The molecule has 2 rings (SSSR count). The largest absolute Gasteiger partial charge is 0.456 e. The highest BCUT2D eigenvalue weighted by Gasteiger charge is 2.19. The number of hydrogen-bond acceptors (Lipinski definition) is 5. The van der Waals surface area contributed by atoms with Crippen molar-refractivity contribution in [1.82, 2.24) is 0 Å². The standard InChI is InChI=1S/C16H19ClN2O5/c17-12-6-7-14(19(22)23)13(9-12)18-15(20)10-24-16(21)8-5-11-3-1-2-4-11/h6-7,9,11H,1-5,8,10H2,(H,18,20). The van der Waals surface area contributed by atoms with E-state index in [1.165, 1.54) is 31.0 Å². The third kappa shape index (κ3) is 5.49. The van der Waals surface area contributed by atoms with Gasteiger partial charge < -0.3 is 10.1 Å². The summed E-state index contributed by atoms with van der Waals surface area (Å²) in [5.41, 5.74) is -0.306. The van der Waals surface area contributed by atoms with E-state index in [4.69, 9.17) is 16.3 Å². The van der Waals surface area contributed by atoms with Crippen LogP contribution in [-0.4, -0.2) is 23.4 Å². The number of nitrogens with one attached hydrogen (secondary N) is 1. The topological polar surface area (TPSA) is 98.5 Å². The number of carbonyl (C=O) groups excluding carboxylic acids is 2. The van der Waals surface area contributed by atoms with Crippen LogP contribution < -0.4 is 5.32 Å². The molecule has 1 aliphatic rings. The van der Waals surface area contributed by atoms with Crippen LogP contribution in [0.5, 0.6) is 0 Å². The van der Waals surface area contributed by atoms with Gasteiger partial charge in [-0.2, -0.15) is 0 Å². The molecule has 0 spiro atoms. The van der Waals surface area contributed by atoms with Crippen molar-refractivity contribution in [2.45, 2.75) is 38.5 Å². The van der Waals surface area contributed by atoms with Crippen molar-refractivity contribution in [2.24, 2.45) is 5.92 Å². The van der Waals surface area contributed by atoms with Crippen molar-refractivity contribution in [2.75, 3.05) is 11.9 Å². The Morgan fingerprint density at radius 2 is 2.04 bits per heavy atom. The molecule has 0 saturated heterocycles. The molecule has 1 amide bonds. The summed E-state index contributed by atoms with van der Waals surface area (Å²) in [4.78, 5) is 33.8. The molecule has 1 N–H and O–H groups in total. The lowest BCUT2D eigenvalue weighted by Gasteiger charge is -2.09. The molecule has 0 atom stereocenters. The SMILES string of the molecule is O=C(COC(=O)CCC1CCCC1)Nc1cc(Cl)ccc1[N+](=O)[O-]. The molecule has 1 fully saturated rings. The molecule has 0 aliphatic heterocycles. The number of carbonyl (C=O) groups is 2. The first-order valence-electron chi connectivity index (χ1n) is 7.85. The lowest BCUT2D eigenvalue weighted by atomic mass is 10.0. The Hall–Kier alpha value is -2.15. The summed E-state index contributed by atoms with van der Waals surface area (Å²) in [7, 11) is 0. The number of benzene rings is 1. The second-order valence-electron chi connectivity index (χ2n) is 5.82. The molecule has 0 heterocycles. The first kappa shape index (κ1) is 18.2. The highest BCUT2D eigenvalue weighted by Crippen LogP contribution is 2.29. The minimum atomic E-state index is -0.644. The number of nitro benzene ring substituents is 1. The van der Waals surface area contributed by atoms with Crippen LogP contribution in [0.3, 0.4) is 0 Å². The number of amides is 1. The van der Waals surface area contributed by atoms with E-state index in [-0.39, 0.29) is 22.8 Å². The van der Waals surface area contributed by atoms with Crippen LogP contribution in [-0.2, 0) is 14.3 Å². The van der Waals surface area contributed by atoms with Gasteiger partial charge in [-0.25, -0.2) is 0 Å². The maximum absolute atomic E-state index is 11.8. The summed E-state index contributed by atoms with van der Waals surface area (Å²) >= 11 is 5.78. The van der Waals surface area contributed by atoms with Crippen LogP contribution in [0.25, 0.3) is 0 Å². The van der Waals surface area contributed by atoms with Gasteiger partial charge in [0.15, 0.2) is 6.61 Å². The van der Waals surface area contributed by atoms with Crippen LogP contribution in [0.1, 0.15) is 38.5 Å². The van der Waals surface area contributed by atoms with Crippen LogP contribution in [0.2, 0.25) is 5.02 Å². The molecule has 1 aromatic carbocycles. The van der Waals surface area contributed by atoms with Gasteiger partial charge in [-0.15, -0.1) is 0 Å². The minimum Gasteiger partial charge on any atom is -0.456 e. The van der Waals surface area contributed by atoms with E-state index in [0.717, 1.165) is 19.3 Å². The molecule has 24 heavy (non-hydrogen) atoms. The highest BCUT2D eigenvalue weighted by atomic mass is 35.5. The molecule has 0 aromatic heterocycles. The first-order chi connectivity index (χ1) is 11.5. The number of ether oxygens (including phenoxy) is 1. The Bertz CT molecular complexity index is 629. The molecule has 7 nitrogen and oxygen atoms in total. The second kappa shape index (κ2) is 8.63. The molecular formula is C16H19ClN2O5. The maximum Gasteiger partial charge on any atom is 0.306 e. The minimum absolute atomic E-state index is 0.0282. The number of hydrogen-bond donors (Lipinski definition) is 1. The van der Waals surface area contributed by atoms with E-state index < -0.39 is 23.4 Å². The van der Waals surface area contributed by atoms with E-state index in [1.807, 2.05) is 0 Å². The van der Waals surface area contributed by atoms with Gasteiger partial charge in [0, 0.05) is 17.5 Å². The van der Waals surface area contributed by atoms with Gasteiger partial charge in [0.2, 0.25) is 0 Å². The van der Waals surface area contributed by atoms with E-state index in [0.29, 0.717) is 5.92 Å². The fourth-order valence-corrected chi connectivity index (χ4v) is 2.97. The molecule has 1 aromatic rings. The van der Waals surface area contributed by atoms with Gasteiger partial charge in [-0.3, -0.25) is 19.7 Å². The van der Waals surface area contributed by atoms with Gasteiger partial charge in [-0.05, 0) is 24.5 Å². The number of nitro groups is 1. The summed E-state index contributed by atoms with van der Waals surface area (Å²) in [6.45, 7) is -0.479. The lowest BCUT2D eigenvalue weighted by Crippen LogP contribution is -2.21. The molecule has 0 bridgehead atoms. The monoisotopic (exact) mass is 354 g/mol. The Morgan fingerprint density at radius 3 is 2.71 bits per heavy atom. The van der Waals surface area contributed by atoms with Gasteiger partial charge in [-0.1, -0.05) is 37.3 Å². The number of rotatable bonds is 7. The van der Waals surface area contributed by atoms with E-state index >= 15 is 0 Å². The quantitative estimate of drug-likeness (QED) is 0.457. The summed E-state index contributed by atoms with van der Waals surface area (Å²) in [6, 6.07) is 3.84.